The van der Waals surface area contributed by atoms with Crippen LogP contribution in [0.15, 0.2) is 11.4 Å². The molecule has 0 radical (unpaired) electrons. The summed E-state index contributed by atoms with van der Waals surface area (Å²) < 4.78 is 28.2. The molecule has 8 heteroatoms. The van der Waals surface area contributed by atoms with E-state index in [1.54, 1.807) is 7.05 Å². The number of hydrogen-bond acceptors (Lipinski definition) is 4. The largest absolute Gasteiger partial charge is 0.324 e. The molecule has 1 N–H and O–H groups in total. The van der Waals surface area contributed by atoms with Gasteiger partial charge in [0.15, 0.2) is 0 Å². The van der Waals surface area contributed by atoms with Gasteiger partial charge >= 0.3 is 0 Å². The van der Waals surface area contributed by atoms with Gasteiger partial charge in [-0.15, -0.1) is 0 Å². The van der Waals surface area contributed by atoms with Gasteiger partial charge in [-0.2, -0.15) is 0 Å². The highest BCUT2D eigenvalue weighted by molar-refractivity contribution is 7.89. The SMILES string of the molecule is CC(C)N(CCNS(=O)(=O)c1ncn(C)c1Cl)C(C)C. The predicted octanol–water partition coefficient (Wildman–Crippen LogP) is 1.47. The number of hydrogen-bond donors (Lipinski definition) is 1. The van der Waals surface area contributed by atoms with Crippen LogP contribution in [-0.4, -0.2) is 48.0 Å². The summed E-state index contributed by atoms with van der Waals surface area (Å²) in [5.74, 6) is 0. The first kappa shape index (κ1) is 17.4. The Kier molecular flexibility index (Phi) is 6.00. The summed E-state index contributed by atoms with van der Waals surface area (Å²) in [5.41, 5.74) is 0. The van der Waals surface area contributed by atoms with Crippen molar-refractivity contribution in [2.75, 3.05) is 13.1 Å². The summed E-state index contributed by atoms with van der Waals surface area (Å²) in [4.78, 5) is 6.03. The fraction of sp³-hybridized carbons (Fsp3) is 0.750. The molecule has 6 nitrogen and oxygen atoms in total. The fourth-order valence-corrected chi connectivity index (χ4v) is 3.51. The lowest BCUT2D eigenvalue weighted by atomic mass is 10.2. The van der Waals surface area contributed by atoms with E-state index in [2.05, 4.69) is 42.3 Å². The lowest BCUT2D eigenvalue weighted by Gasteiger charge is -2.30. The van der Waals surface area contributed by atoms with E-state index in [1.165, 1.54) is 10.9 Å². The van der Waals surface area contributed by atoms with Crippen molar-refractivity contribution in [3.8, 4) is 0 Å². The Hall–Kier alpha value is -0.630. The molecule has 1 aromatic heterocycles. The summed E-state index contributed by atoms with van der Waals surface area (Å²) in [5, 5.41) is -0.00983. The standard InChI is InChI=1S/C12H23ClN4O2S/c1-9(2)17(10(3)4)7-6-15-20(18,19)12-11(13)16(5)8-14-12/h8-10,15H,6-7H2,1-5H3. The molecular formula is C12H23ClN4O2S. The van der Waals surface area contributed by atoms with Gasteiger partial charge in [0.1, 0.15) is 5.15 Å². The number of rotatable bonds is 7. The number of sulfonamides is 1. The van der Waals surface area contributed by atoms with Crippen molar-refractivity contribution in [1.29, 1.82) is 0 Å². The van der Waals surface area contributed by atoms with Crippen LogP contribution in [0, 0.1) is 0 Å². The first-order valence-corrected chi connectivity index (χ1v) is 8.45. The third-order valence-corrected chi connectivity index (χ3v) is 5.03. The maximum atomic E-state index is 12.1. The maximum absolute atomic E-state index is 12.1. The van der Waals surface area contributed by atoms with Crippen LogP contribution in [0.25, 0.3) is 0 Å². The molecule has 0 aromatic carbocycles. The van der Waals surface area contributed by atoms with Gasteiger partial charge in [-0.1, -0.05) is 11.6 Å². The van der Waals surface area contributed by atoms with E-state index in [4.69, 9.17) is 11.6 Å². The van der Waals surface area contributed by atoms with Crippen LogP contribution in [-0.2, 0) is 17.1 Å². The molecular weight excluding hydrogens is 300 g/mol. The molecule has 0 aliphatic rings. The van der Waals surface area contributed by atoms with Crippen molar-refractivity contribution in [3.05, 3.63) is 11.5 Å². The van der Waals surface area contributed by atoms with Gasteiger partial charge in [0.2, 0.25) is 5.03 Å². The molecule has 1 heterocycles. The van der Waals surface area contributed by atoms with Crippen molar-refractivity contribution in [2.45, 2.75) is 44.8 Å². The second kappa shape index (κ2) is 6.89. The summed E-state index contributed by atoms with van der Waals surface area (Å²) in [6, 6.07) is 0.718. The molecule has 0 saturated heterocycles. The van der Waals surface area contributed by atoms with Gasteiger partial charge in [-0.25, -0.2) is 18.1 Å². The third-order valence-electron chi connectivity index (χ3n) is 3.08. The molecule has 0 spiro atoms. The Bertz CT molecular complexity index is 532. The van der Waals surface area contributed by atoms with E-state index in [9.17, 15) is 8.42 Å². The Morgan fingerprint density at radius 2 is 1.90 bits per heavy atom. The molecule has 0 amide bonds. The molecule has 0 aliphatic carbocycles. The van der Waals surface area contributed by atoms with E-state index in [0.717, 1.165) is 0 Å². The van der Waals surface area contributed by atoms with Gasteiger partial charge in [0, 0.05) is 32.2 Å². The first-order valence-electron chi connectivity index (χ1n) is 6.59. The highest BCUT2D eigenvalue weighted by atomic mass is 35.5. The van der Waals surface area contributed by atoms with E-state index in [-0.39, 0.29) is 10.2 Å². The average molecular weight is 323 g/mol. The van der Waals surface area contributed by atoms with E-state index in [1.807, 2.05) is 0 Å². The monoisotopic (exact) mass is 322 g/mol. The van der Waals surface area contributed by atoms with Crippen LogP contribution in [0.1, 0.15) is 27.7 Å². The molecule has 1 rings (SSSR count). The summed E-state index contributed by atoms with van der Waals surface area (Å²) in [6.07, 6.45) is 1.38. The van der Waals surface area contributed by atoms with Crippen LogP contribution in [0.3, 0.4) is 0 Å². The molecule has 1 aromatic rings. The second-order valence-corrected chi connectivity index (χ2v) is 7.31. The quantitative estimate of drug-likeness (QED) is 0.825. The minimum atomic E-state index is -3.66. The van der Waals surface area contributed by atoms with E-state index < -0.39 is 10.0 Å². The van der Waals surface area contributed by atoms with Crippen molar-refractivity contribution >= 4 is 21.6 Å². The maximum Gasteiger partial charge on any atom is 0.261 e. The van der Waals surface area contributed by atoms with Crippen LogP contribution < -0.4 is 4.72 Å². The van der Waals surface area contributed by atoms with Crippen molar-refractivity contribution in [1.82, 2.24) is 19.2 Å². The summed E-state index contributed by atoms with van der Waals surface area (Å²) in [6.45, 7) is 9.31. The molecule has 0 fully saturated rings. The van der Waals surface area contributed by atoms with Crippen LogP contribution in [0.2, 0.25) is 5.15 Å². The minimum Gasteiger partial charge on any atom is -0.324 e. The van der Waals surface area contributed by atoms with Gasteiger partial charge in [0.25, 0.3) is 10.0 Å². The van der Waals surface area contributed by atoms with Crippen LogP contribution in [0.5, 0.6) is 0 Å². The van der Waals surface area contributed by atoms with E-state index in [0.29, 0.717) is 25.2 Å². The number of aryl methyl sites for hydroxylation is 1. The summed E-state index contributed by atoms with van der Waals surface area (Å²) in [7, 11) is -2.01. The zero-order valence-electron chi connectivity index (χ0n) is 12.6. The molecule has 0 aliphatic heterocycles. The molecule has 0 saturated carbocycles. The van der Waals surface area contributed by atoms with Crippen LogP contribution in [0.4, 0.5) is 0 Å². The second-order valence-electron chi connectivity index (χ2n) is 5.27. The molecule has 20 heavy (non-hydrogen) atoms. The number of halogens is 1. The van der Waals surface area contributed by atoms with Crippen molar-refractivity contribution in [3.63, 3.8) is 0 Å². The number of aromatic nitrogens is 2. The number of nitrogens with zero attached hydrogens (tertiary/aromatic N) is 3. The Morgan fingerprint density at radius 1 is 1.35 bits per heavy atom. The van der Waals surface area contributed by atoms with Crippen molar-refractivity contribution in [2.24, 2.45) is 7.05 Å². The summed E-state index contributed by atoms with van der Waals surface area (Å²) >= 11 is 5.91. The predicted molar refractivity (Wildman–Crippen MR) is 80.4 cm³/mol. The average Bonchev–Trinajstić information content (AvgIpc) is 2.65. The Labute approximate surface area is 126 Å². The zero-order chi connectivity index (χ0) is 15.5. The molecule has 0 bridgehead atoms. The Balaban J connectivity index is 2.67. The highest BCUT2D eigenvalue weighted by Gasteiger charge is 2.22. The Morgan fingerprint density at radius 3 is 2.30 bits per heavy atom. The fourth-order valence-electron chi connectivity index (χ4n) is 2.06. The number of imidazole rings is 1. The smallest absolute Gasteiger partial charge is 0.261 e. The topological polar surface area (TPSA) is 67.2 Å². The minimum absolute atomic E-state index is 0.113. The first-order chi connectivity index (χ1) is 9.16. The normalized spacial score (nSPS) is 12.8. The highest BCUT2D eigenvalue weighted by Crippen LogP contribution is 2.18. The van der Waals surface area contributed by atoms with Crippen molar-refractivity contribution < 1.29 is 8.42 Å². The van der Waals surface area contributed by atoms with Gasteiger partial charge in [-0.05, 0) is 27.7 Å². The van der Waals surface area contributed by atoms with Crippen LogP contribution >= 0.6 is 11.6 Å². The number of nitrogens with one attached hydrogen (secondary N) is 1. The van der Waals surface area contributed by atoms with Gasteiger partial charge < -0.3 is 4.57 Å². The third kappa shape index (κ3) is 4.18. The lowest BCUT2D eigenvalue weighted by Crippen LogP contribution is -2.42. The van der Waals surface area contributed by atoms with E-state index >= 15 is 0 Å². The molecule has 116 valence electrons. The molecule has 0 unspecified atom stereocenters. The molecule has 0 atom stereocenters. The van der Waals surface area contributed by atoms with Gasteiger partial charge in [-0.3, -0.25) is 4.90 Å². The lowest BCUT2D eigenvalue weighted by molar-refractivity contribution is 0.179. The zero-order valence-corrected chi connectivity index (χ0v) is 14.2. The van der Waals surface area contributed by atoms with Gasteiger partial charge in [0.05, 0.1) is 6.33 Å².